The van der Waals surface area contributed by atoms with Gasteiger partial charge in [0.2, 0.25) is 0 Å². The summed E-state index contributed by atoms with van der Waals surface area (Å²) < 4.78 is 11.7. The first kappa shape index (κ1) is 19.1. The monoisotopic (exact) mass is 404 g/mol. The second kappa shape index (κ2) is 8.04. The topological polar surface area (TPSA) is 104 Å². The molecular formula is C22H16N2O6. The summed E-state index contributed by atoms with van der Waals surface area (Å²) in [6.07, 6.45) is 1.51. The third kappa shape index (κ3) is 3.97. The van der Waals surface area contributed by atoms with E-state index in [1.165, 1.54) is 18.2 Å². The zero-order valence-electron chi connectivity index (χ0n) is 15.9. The molecule has 30 heavy (non-hydrogen) atoms. The van der Waals surface area contributed by atoms with Crippen molar-refractivity contribution < 1.29 is 23.7 Å². The van der Waals surface area contributed by atoms with Crippen molar-refractivity contribution in [2.75, 3.05) is 0 Å². The number of nitro benzene ring substituents is 1. The van der Waals surface area contributed by atoms with Crippen molar-refractivity contribution in [1.82, 2.24) is 0 Å². The average molecular weight is 404 g/mol. The lowest BCUT2D eigenvalue weighted by atomic mass is 10.1. The van der Waals surface area contributed by atoms with E-state index >= 15 is 0 Å². The molecule has 0 atom stereocenters. The Labute approximate surface area is 171 Å². The molecule has 0 bridgehead atoms. The predicted molar refractivity (Wildman–Crippen MR) is 109 cm³/mol. The molecule has 8 nitrogen and oxygen atoms in total. The molecule has 0 N–H and O–H groups in total. The normalized spacial score (nSPS) is 14.5. The number of non-ortho nitro benzene ring substituents is 1. The van der Waals surface area contributed by atoms with Crippen LogP contribution in [0.25, 0.3) is 17.4 Å². The number of rotatable bonds is 6. The first-order valence-corrected chi connectivity index (χ1v) is 9.04. The Morgan fingerprint density at radius 1 is 1.13 bits per heavy atom. The van der Waals surface area contributed by atoms with Crippen LogP contribution < -0.4 is 4.74 Å². The molecule has 4 rings (SSSR count). The van der Waals surface area contributed by atoms with Gasteiger partial charge in [0, 0.05) is 12.1 Å². The highest BCUT2D eigenvalue weighted by Gasteiger charge is 2.23. The molecule has 1 aliphatic heterocycles. The average Bonchev–Trinajstić information content (AvgIpc) is 3.35. The van der Waals surface area contributed by atoms with Gasteiger partial charge in [0.05, 0.1) is 21.8 Å². The van der Waals surface area contributed by atoms with E-state index in [2.05, 4.69) is 9.99 Å². The van der Waals surface area contributed by atoms with E-state index in [0.29, 0.717) is 35.2 Å². The summed E-state index contributed by atoms with van der Waals surface area (Å²) in [5, 5.41) is 14.9. The molecule has 0 saturated heterocycles. The first-order valence-electron chi connectivity index (χ1n) is 9.04. The van der Waals surface area contributed by atoms with Gasteiger partial charge >= 0.3 is 5.97 Å². The van der Waals surface area contributed by atoms with Crippen molar-refractivity contribution in [3.8, 4) is 17.1 Å². The van der Waals surface area contributed by atoms with Gasteiger partial charge in [-0.2, -0.15) is 0 Å². The van der Waals surface area contributed by atoms with Crippen LogP contribution in [0.3, 0.4) is 0 Å². The summed E-state index contributed by atoms with van der Waals surface area (Å²) in [7, 11) is 0. The highest BCUT2D eigenvalue weighted by atomic mass is 16.7. The van der Waals surface area contributed by atoms with Crippen LogP contribution in [0.1, 0.15) is 18.2 Å². The minimum absolute atomic E-state index is 0.0873. The number of nitrogens with zero attached hydrogens (tertiary/aromatic N) is 2. The molecule has 0 amide bonds. The smallest absolute Gasteiger partial charge is 0.367 e. The van der Waals surface area contributed by atoms with Gasteiger partial charge < -0.3 is 14.0 Å². The zero-order chi connectivity index (χ0) is 21.1. The van der Waals surface area contributed by atoms with Crippen LogP contribution in [0.5, 0.6) is 5.75 Å². The maximum atomic E-state index is 11.7. The molecule has 8 heteroatoms. The molecule has 2 heterocycles. The summed E-state index contributed by atoms with van der Waals surface area (Å²) in [6.45, 7) is 1.95. The molecule has 2 aromatic carbocycles. The van der Waals surface area contributed by atoms with Crippen LogP contribution in [0, 0.1) is 10.1 Å². The SMILES string of the molecule is CC1=NOC(=O)/C1=C\c1ccc(-c2cc([N+](=O)[O-])ccc2OCc2ccccc2)o1. The summed E-state index contributed by atoms with van der Waals surface area (Å²) in [6, 6.07) is 17.2. The van der Waals surface area contributed by atoms with Gasteiger partial charge in [0.25, 0.3) is 5.69 Å². The van der Waals surface area contributed by atoms with E-state index in [-0.39, 0.29) is 11.3 Å². The third-order valence-electron chi connectivity index (χ3n) is 4.47. The Kier molecular flexibility index (Phi) is 5.13. The Bertz CT molecular complexity index is 1180. The van der Waals surface area contributed by atoms with Crippen LogP contribution >= 0.6 is 0 Å². The van der Waals surface area contributed by atoms with Crippen LogP contribution in [0.2, 0.25) is 0 Å². The summed E-state index contributed by atoms with van der Waals surface area (Å²) in [5.41, 5.74) is 2.04. The van der Waals surface area contributed by atoms with E-state index in [4.69, 9.17) is 9.15 Å². The molecule has 0 spiro atoms. The van der Waals surface area contributed by atoms with E-state index in [1.54, 1.807) is 25.1 Å². The van der Waals surface area contributed by atoms with Crippen molar-refractivity contribution >= 4 is 23.4 Å². The number of carbonyl (C=O) groups excluding carboxylic acids is 1. The molecule has 1 aromatic heterocycles. The quantitative estimate of drug-likeness (QED) is 0.254. The van der Waals surface area contributed by atoms with Gasteiger partial charge in [-0.3, -0.25) is 10.1 Å². The van der Waals surface area contributed by atoms with E-state index in [1.807, 2.05) is 30.3 Å². The fourth-order valence-electron chi connectivity index (χ4n) is 2.92. The number of oxime groups is 1. The number of ether oxygens (including phenoxy) is 1. The van der Waals surface area contributed by atoms with Gasteiger partial charge in [0.15, 0.2) is 0 Å². The van der Waals surface area contributed by atoms with Crippen molar-refractivity contribution in [2.24, 2.45) is 5.16 Å². The Balaban J connectivity index is 1.67. The van der Waals surface area contributed by atoms with Crippen LogP contribution in [-0.2, 0) is 16.2 Å². The van der Waals surface area contributed by atoms with Crippen LogP contribution in [0.15, 0.2) is 75.8 Å². The summed E-state index contributed by atoms with van der Waals surface area (Å²) >= 11 is 0. The summed E-state index contributed by atoms with van der Waals surface area (Å²) in [4.78, 5) is 27.1. The molecular weight excluding hydrogens is 388 g/mol. The number of carbonyl (C=O) groups is 1. The maximum absolute atomic E-state index is 11.7. The molecule has 3 aromatic rings. The van der Waals surface area contributed by atoms with Crippen molar-refractivity contribution in [1.29, 1.82) is 0 Å². The number of hydrogen-bond donors (Lipinski definition) is 0. The molecule has 0 aliphatic carbocycles. The zero-order valence-corrected chi connectivity index (χ0v) is 15.9. The fourth-order valence-corrected chi connectivity index (χ4v) is 2.92. The lowest BCUT2D eigenvalue weighted by molar-refractivity contribution is -0.384. The van der Waals surface area contributed by atoms with Crippen molar-refractivity contribution in [3.05, 3.63) is 87.7 Å². The number of nitro groups is 1. The van der Waals surface area contributed by atoms with E-state index in [9.17, 15) is 14.9 Å². The van der Waals surface area contributed by atoms with Gasteiger partial charge in [0.1, 0.15) is 23.9 Å². The molecule has 150 valence electrons. The van der Waals surface area contributed by atoms with Crippen LogP contribution in [0.4, 0.5) is 5.69 Å². The highest BCUT2D eigenvalue weighted by molar-refractivity contribution is 6.24. The van der Waals surface area contributed by atoms with Crippen molar-refractivity contribution in [3.63, 3.8) is 0 Å². The molecule has 0 radical (unpaired) electrons. The summed E-state index contributed by atoms with van der Waals surface area (Å²) in [5.74, 6) is 0.632. The number of hydrogen-bond acceptors (Lipinski definition) is 7. The molecule has 0 unspecified atom stereocenters. The maximum Gasteiger partial charge on any atom is 0.367 e. The second-order valence-corrected chi connectivity index (χ2v) is 6.53. The Hall–Kier alpha value is -4.20. The van der Waals surface area contributed by atoms with Crippen molar-refractivity contribution in [2.45, 2.75) is 13.5 Å². The number of benzene rings is 2. The van der Waals surface area contributed by atoms with E-state index in [0.717, 1.165) is 5.56 Å². The minimum atomic E-state index is -0.562. The minimum Gasteiger partial charge on any atom is -0.488 e. The second-order valence-electron chi connectivity index (χ2n) is 6.53. The first-order chi connectivity index (χ1) is 14.5. The fraction of sp³-hybridized carbons (Fsp3) is 0.0909. The standard InChI is InChI=1S/C22H16N2O6/c1-14-18(22(25)30-23-14)12-17-8-10-21(29-17)19-11-16(24(26)27)7-9-20(19)28-13-15-5-3-2-4-6-15/h2-12H,13H2,1H3/b18-12-. The lowest BCUT2D eigenvalue weighted by Gasteiger charge is -2.10. The molecule has 0 fully saturated rings. The van der Waals surface area contributed by atoms with Gasteiger partial charge in [-0.25, -0.2) is 4.79 Å². The van der Waals surface area contributed by atoms with Gasteiger partial charge in [-0.05, 0) is 36.8 Å². The third-order valence-corrected chi connectivity index (χ3v) is 4.47. The van der Waals surface area contributed by atoms with E-state index < -0.39 is 10.9 Å². The highest BCUT2D eigenvalue weighted by Crippen LogP contribution is 2.35. The van der Waals surface area contributed by atoms with Crippen LogP contribution in [-0.4, -0.2) is 16.6 Å². The number of furan rings is 1. The molecule has 1 aliphatic rings. The Morgan fingerprint density at radius 3 is 2.63 bits per heavy atom. The van der Waals surface area contributed by atoms with Gasteiger partial charge in [-0.1, -0.05) is 35.5 Å². The molecule has 0 saturated carbocycles. The van der Waals surface area contributed by atoms with Gasteiger partial charge in [-0.15, -0.1) is 0 Å². The largest absolute Gasteiger partial charge is 0.488 e. The Morgan fingerprint density at radius 2 is 1.93 bits per heavy atom. The lowest BCUT2D eigenvalue weighted by Crippen LogP contribution is -2.01. The predicted octanol–water partition coefficient (Wildman–Crippen LogP) is 4.75.